The molecule has 0 aromatic heterocycles. The minimum Gasteiger partial charge on any atom is -0.496 e. The zero-order chi connectivity index (χ0) is 16.9. The van der Waals surface area contributed by atoms with Crippen LogP contribution in [-0.4, -0.2) is 27.4 Å². The van der Waals surface area contributed by atoms with E-state index in [0.29, 0.717) is 31.3 Å². The summed E-state index contributed by atoms with van der Waals surface area (Å²) in [5.74, 6) is 3.01. The molecule has 0 spiro atoms. The molecule has 0 amide bonds. The zero-order valence-electron chi connectivity index (χ0n) is 14.7. The quantitative estimate of drug-likeness (QED) is 0.844. The summed E-state index contributed by atoms with van der Waals surface area (Å²) in [6.45, 7) is 3.91. The molecule has 25 heavy (non-hydrogen) atoms. The summed E-state index contributed by atoms with van der Waals surface area (Å²) in [6, 6.07) is 12.2. The molecule has 3 rings (SSSR count). The van der Waals surface area contributed by atoms with Crippen LogP contribution in [0.25, 0.3) is 0 Å². The van der Waals surface area contributed by atoms with Gasteiger partial charge < -0.3 is 24.3 Å². The van der Waals surface area contributed by atoms with Crippen molar-refractivity contribution in [3.8, 4) is 23.0 Å². The number of benzene rings is 2. The van der Waals surface area contributed by atoms with Crippen LogP contribution in [0.4, 0.5) is 0 Å². The first kappa shape index (κ1) is 19.2. The van der Waals surface area contributed by atoms with E-state index in [4.69, 9.17) is 18.9 Å². The number of rotatable bonds is 6. The predicted octanol–water partition coefficient (Wildman–Crippen LogP) is 3.75. The maximum atomic E-state index is 5.68. The summed E-state index contributed by atoms with van der Waals surface area (Å²) in [5.41, 5.74) is 2.21. The van der Waals surface area contributed by atoms with Crippen molar-refractivity contribution in [1.29, 1.82) is 0 Å². The van der Waals surface area contributed by atoms with Crippen LogP contribution in [0.1, 0.15) is 24.1 Å². The van der Waals surface area contributed by atoms with E-state index in [2.05, 4.69) is 18.3 Å². The lowest BCUT2D eigenvalue weighted by molar-refractivity contribution is 0.165. The molecule has 0 fully saturated rings. The van der Waals surface area contributed by atoms with Gasteiger partial charge in [0.1, 0.15) is 19.0 Å². The van der Waals surface area contributed by atoms with E-state index in [1.807, 2.05) is 30.3 Å². The van der Waals surface area contributed by atoms with Gasteiger partial charge in [0.25, 0.3) is 0 Å². The molecule has 6 heteroatoms. The molecule has 0 aliphatic carbocycles. The van der Waals surface area contributed by atoms with Gasteiger partial charge >= 0.3 is 0 Å². The molecule has 0 saturated carbocycles. The molecule has 0 radical (unpaired) electrons. The molecule has 1 aliphatic heterocycles. The Kier molecular flexibility index (Phi) is 6.79. The molecule has 2 aromatic carbocycles. The first-order valence-corrected chi connectivity index (χ1v) is 8.05. The van der Waals surface area contributed by atoms with Crippen LogP contribution >= 0.6 is 12.4 Å². The Morgan fingerprint density at radius 2 is 1.76 bits per heavy atom. The second-order valence-electron chi connectivity index (χ2n) is 5.67. The number of nitrogens with one attached hydrogen (secondary N) is 1. The van der Waals surface area contributed by atoms with Gasteiger partial charge in [-0.3, -0.25) is 0 Å². The monoisotopic (exact) mass is 365 g/mol. The topological polar surface area (TPSA) is 49.0 Å². The fourth-order valence-electron chi connectivity index (χ4n) is 2.83. The normalized spacial score (nSPS) is 13.6. The van der Waals surface area contributed by atoms with Gasteiger partial charge in [0.05, 0.1) is 14.2 Å². The van der Waals surface area contributed by atoms with Crippen molar-refractivity contribution in [3.63, 3.8) is 0 Å². The minimum atomic E-state index is 0. The SMILES string of the molecule is COc1ccccc1C(C)NCc1cc(OC)c2c(c1)OCCO2.Cl. The summed E-state index contributed by atoms with van der Waals surface area (Å²) in [6.07, 6.45) is 0. The maximum Gasteiger partial charge on any atom is 0.203 e. The highest BCUT2D eigenvalue weighted by atomic mass is 35.5. The number of methoxy groups -OCH3 is 2. The van der Waals surface area contributed by atoms with Gasteiger partial charge in [-0.05, 0) is 30.7 Å². The van der Waals surface area contributed by atoms with E-state index in [1.54, 1.807) is 14.2 Å². The molecule has 1 unspecified atom stereocenters. The van der Waals surface area contributed by atoms with E-state index < -0.39 is 0 Å². The molecule has 5 nitrogen and oxygen atoms in total. The zero-order valence-corrected chi connectivity index (χ0v) is 15.5. The molecule has 0 bridgehead atoms. The fourth-order valence-corrected chi connectivity index (χ4v) is 2.83. The van der Waals surface area contributed by atoms with Gasteiger partial charge in [-0.2, -0.15) is 0 Å². The Hall–Kier alpha value is -2.11. The average Bonchev–Trinajstić information content (AvgIpc) is 2.65. The third kappa shape index (κ3) is 4.30. The largest absolute Gasteiger partial charge is 0.496 e. The van der Waals surface area contributed by atoms with Gasteiger partial charge in [0.15, 0.2) is 11.5 Å². The predicted molar refractivity (Wildman–Crippen MR) is 99.5 cm³/mol. The van der Waals surface area contributed by atoms with Crippen LogP contribution < -0.4 is 24.3 Å². The summed E-state index contributed by atoms with van der Waals surface area (Å²) in [7, 11) is 3.33. The first-order chi connectivity index (χ1) is 11.7. The van der Waals surface area contributed by atoms with E-state index in [1.165, 1.54) is 0 Å². The second-order valence-corrected chi connectivity index (χ2v) is 5.67. The van der Waals surface area contributed by atoms with Crippen molar-refractivity contribution in [1.82, 2.24) is 5.32 Å². The minimum absolute atomic E-state index is 0. The third-order valence-electron chi connectivity index (χ3n) is 4.11. The molecule has 1 N–H and O–H groups in total. The van der Waals surface area contributed by atoms with Crippen LogP contribution in [0.5, 0.6) is 23.0 Å². The van der Waals surface area contributed by atoms with Crippen LogP contribution in [0, 0.1) is 0 Å². The summed E-state index contributed by atoms with van der Waals surface area (Å²) in [5, 5.41) is 3.52. The van der Waals surface area contributed by atoms with Crippen molar-refractivity contribution in [2.24, 2.45) is 0 Å². The van der Waals surface area contributed by atoms with Gasteiger partial charge in [-0.25, -0.2) is 0 Å². The molecule has 0 saturated heterocycles. The second kappa shape index (κ2) is 8.83. The summed E-state index contributed by atoms with van der Waals surface area (Å²) >= 11 is 0. The maximum absolute atomic E-state index is 5.68. The lowest BCUT2D eigenvalue weighted by Crippen LogP contribution is -2.20. The summed E-state index contributed by atoms with van der Waals surface area (Å²) in [4.78, 5) is 0. The van der Waals surface area contributed by atoms with E-state index in [9.17, 15) is 0 Å². The average molecular weight is 366 g/mol. The third-order valence-corrected chi connectivity index (χ3v) is 4.11. The fraction of sp³-hybridized carbons (Fsp3) is 0.368. The van der Waals surface area contributed by atoms with Gasteiger partial charge in [-0.15, -0.1) is 12.4 Å². The van der Waals surface area contributed by atoms with E-state index in [-0.39, 0.29) is 18.4 Å². The highest BCUT2D eigenvalue weighted by Crippen LogP contribution is 2.40. The standard InChI is InChI=1S/C19H23NO4.ClH/c1-13(15-6-4-5-7-16(15)21-2)20-12-14-10-17(22-3)19-18(11-14)23-8-9-24-19;/h4-7,10-11,13,20H,8-9,12H2,1-3H3;1H. The van der Waals surface area contributed by atoms with Crippen LogP contribution in [-0.2, 0) is 6.54 Å². The van der Waals surface area contributed by atoms with Crippen LogP contribution in [0.2, 0.25) is 0 Å². The number of halogens is 1. The molecule has 1 atom stereocenters. The van der Waals surface area contributed by atoms with Crippen molar-refractivity contribution in [2.75, 3.05) is 27.4 Å². The van der Waals surface area contributed by atoms with Gasteiger partial charge in [-0.1, -0.05) is 18.2 Å². The number of hydrogen-bond donors (Lipinski definition) is 1. The Morgan fingerprint density at radius 3 is 2.52 bits per heavy atom. The molecule has 1 heterocycles. The Morgan fingerprint density at radius 1 is 1.04 bits per heavy atom. The Bertz CT molecular complexity index is 691. The lowest BCUT2D eigenvalue weighted by Gasteiger charge is -2.22. The molecule has 2 aromatic rings. The van der Waals surface area contributed by atoms with E-state index >= 15 is 0 Å². The van der Waals surface area contributed by atoms with Crippen LogP contribution in [0.15, 0.2) is 36.4 Å². The number of fused-ring (bicyclic) bond motifs is 1. The molecular weight excluding hydrogens is 342 g/mol. The first-order valence-electron chi connectivity index (χ1n) is 8.05. The van der Waals surface area contributed by atoms with Gasteiger partial charge in [0, 0.05) is 18.2 Å². The lowest BCUT2D eigenvalue weighted by atomic mass is 10.1. The van der Waals surface area contributed by atoms with Gasteiger partial charge in [0.2, 0.25) is 5.75 Å². The smallest absolute Gasteiger partial charge is 0.203 e. The highest BCUT2D eigenvalue weighted by molar-refractivity contribution is 5.85. The molecular formula is C19H24ClNO4. The number of ether oxygens (including phenoxy) is 4. The number of hydrogen-bond acceptors (Lipinski definition) is 5. The number of para-hydroxylation sites is 1. The van der Waals surface area contributed by atoms with Crippen molar-refractivity contribution in [2.45, 2.75) is 19.5 Å². The van der Waals surface area contributed by atoms with Crippen molar-refractivity contribution < 1.29 is 18.9 Å². The Balaban J connectivity index is 0.00000225. The van der Waals surface area contributed by atoms with Crippen molar-refractivity contribution in [3.05, 3.63) is 47.5 Å². The molecule has 1 aliphatic rings. The van der Waals surface area contributed by atoms with Crippen molar-refractivity contribution >= 4 is 12.4 Å². The highest BCUT2D eigenvalue weighted by Gasteiger charge is 2.19. The Labute approximate surface area is 154 Å². The van der Waals surface area contributed by atoms with Crippen LogP contribution in [0.3, 0.4) is 0 Å². The molecule has 136 valence electrons. The van der Waals surface area contributed by atoms with E-state index in [0.717, 1.165) is 22.6 Å². The summed E-state index contributed by atoms with van der Waals surface area (Å²) < 4.78 is 22.2.